The number of fused-ring (bicyclic) bond motifs is 1. The van der Waals surface area contributed by atoms with E-state index in [4.69, 9.17) is 13.9 Å². The van der Waals surface area contributed by atoms with Gasteiger partial charge >= 0.3 is 5.97 Å². The Labute approximate surface area is 203 Å². The molecule has 35 heavy (non-hydrogen) atoms. The normalized spacial score (nSPS) is 14.9. The molecular formula is C28H28FNO5. The lowest BCUT2D eigenvalue weighted by Crippen LogP contribution is -2.30. The van der Waals surface area contributed by atoms with Crippen LogP contribution in [0.1, 0.15) is 24.0 Å². The summed E-state index contributed by atoms with van der Waals surface area (Å²) in [6, 6.07) is 24.1. The maximum absolute atomic E-state index is 11.1. The molecule has 3 aromatic carbocycles. The Hall–Kier alpha value is -3.68. The SMILES string of the molecule is COCc1cccc(COc2ccc(-c3cccc4ccoc34)cc2)c1.O=C(OF)C1CCCN1. The van der Waals surface area contributed by atoms with E-state index in [1.807, 2.05) is 30.3 Å². The van der Waals surface area contributed by atoms with Crippen LogP contribution in [-0.2, 0) is 27.7 Å². The van der Waals surface area contributed by atoms with Gasteiger partial charge in [0.25, 0.3) is 0 Å². The summed E-state index contributed by atoms with van der Waals surface area (Å²) in [4.78, 5) is 13.4. The van der Waals surface area contributed by atoms with Gasteiger partial charge in [-0.2, -0.15) is 0 Å². The highest BCUT2D eigenvalue weighted by molar-refractivity contribution is 5.92. The molecule has 5 rings (SSSR count). The minimum Gasteiger partial charge on any atom is -0.489 e. The van der Waals surface area contributed by atoms with Crippen molar-refractivity contribution < 1.29 is 28.2 Å². The lowest BCUT2D eigenvalue weighted by molar-refractivity contribution is -0.185. The van der Waals surface area contributed by atoms with E-state index in [0.29, 0.717) is 19.6 Å². The highest BCUT2D eigenvalue weighted by Gasteiger charge is 2.23. The van der Waals surface area contributed by atoms with Gasteiger partial charge in [0.15, 0.2) is 0 Å². The van der Waals surface area contributed by atoms with Gasteiger partial charge < -0.3 is 19.2 Å². The molecule has 1 aliphatic heterocycles. The van der Waals surface area contributed by atoms with Gasteiger partial charge in [-0.3, -0.25) is 4.94 Å². The molecule has 1 aliphatic rings. The highest BCUT2D eigenvalue weighted by Crippen LogP contribution is 2.30. The number of hydrogen-bond acceptors (Lipinski definition) is 6. The molecule has 0 saturated carbocycles. The van der Waals surface area contributed by atoms with Gasteiger partial charge in [0.1, 0.15) is 24.0 Å². The fraction of sp³-hybridized carbons (Fsp3) is 0.250. The summed E-state index contributed by atoms with van der Waals surface area (Å²) in [7, 11) is 1.70. The average Bonchev–Trinajstić information content (AvgIpc) is 3.61. The molecule has 1 fully saturated rings. The molecule has 182 valence electrons. The Balaban J connectivity index is 0.000000271. The number of carbonyl (C=O) groups excluding carboxylic acids is 1. The smallest absolute Gasteiger partial charge is 0.365 e. The fourth-order valence-corrected chi connectivity index (χ4v) is 4.03. The van der Waals surface area contributed by atoms with Crippen molar-refractivity contribution in [2.24, 2.45) is 0 Å². The predicted molar refractivity (Wildman–Crippen MR) is 131 cm³/mol. The van der Waals surface area contributed by atoms with Gasteiger partial charge in [0.2, 0.25) is 0 Å². The lowest BCUT2D eigenvalue weighted by atomic mass is 10.0. The second-order valence-corrected chi connectivity index (χ2v) is 8.26. The maximum atomic E-state index is 11.1. The standard InChI is InChI=1S/C23H20O3.C5H8FNO2/c1-24-15-17-4-2-5-18(14-17)16-26-21-10-8-19(9-11-21)22-7-3-6-20-12-13-25-23(20)22;6-9-5(8)4-2-1-3-7-4/h2-14H,15-16H2,1H3;4,7H,1-3H2. The Kier molecular flexibility index (Phi) is 8.48. The number of furan rings is 1. The zero-order valence-electron chi connectivity index (χ0n) is 19.5. The van der Waals surface area contributed by atoms with Gasteiger partial charge in [-0.1, -0.05) is 54.6 Å². The summed E-state index contributed by atoms with van der Waals surface area (Å²) in [6.45, 7) is 1.92. The van der Waals surface area contributed by atoms with Crippen molar-refractivity contribution in [1.29, 1.82) is 0 Å². The minimum atomic E-state index is -0.799. The summed E-state index contributed by atoms with van der Waals surface area (Å²) in [6.07, 6.45) is 3.33. The van der Waals surface area contributed by atoms with E-state index >= 15 is 0 Å². The van der Waals surface area contributed by atoms with Crippen molar-refractivity contribution in [3.63, 3.8) is 0 Å². The van der Waals surface area contributed by atoms with Crippen LogP contribution in [-0.4, -0.2) is 25.7 Å². The minimum absolute atomic E-state index is 0.407. The quantitative estimate of drug-likeness (QED) is 0.353. The molecule has 0 aliphatic carbocycles. The molecule has 1 atom stereocenters. The molecule has 0 amide bonds. The summed E-state index contributed by atoms with van der Waals surface area (Å²) < 4.78 is 27.9. The van der Waals surface area contributed by atoms with Crippen molar-refractivity contribution in [2.75, 3.05) is 13.7 Å². The summed E-state index contributed by atoms with van der Waals surface area (Å²) in [5.74, 6) is 0.0463. The third-order valence-electron chi connectivity index (χ3n) is 5.77. The second kappa shape index (κ2) is 12.1. The molecular weight excluding hydrogens is 449 g/mol. The first-order valence-corrected chi connectivity index (χ1v) is 11.5. The second-order valence-electron chi connectivity index (χ2n) is 8.26. The number of para-hydroxylation sites is 1. The lowest BCUT2D eigenvalue weighted by Gasteiger charge is -2.09. The third kappa shape index (κ3) is 6.47. The summed E-state index contributed by atoms with van der Waals surface area (Å²) in [5, 5.41) is 3.90. The average molecular weight is 478 g/mol. The number of methoxy groups -OCH3 is 1. The van der Waals surface area contributed by atoms with Gasteiger partial charge in [-0.05, 0) is 54.3 Å². The van der Waals surface area contributed by atoms with Crippen molar-refractivity contribution in [3.8, 4) is 16.9 Å². The Morgan fingerprint density at radius 2 is 1.80 bits per heavy atom. The van der Waals surface area contributed by atoms with Crippen LogP contribution in [0.4, 0.5) is 4.53 Å². The van der Waals surface area contributed by atoms with Crippen LogP contribution in [0, 0.1) is 0 Å². The van der Waals surface area contributed by atoms with E-state index in [1.54, 1.807) is 13.4 Å². The van der Waals surface area contributed by atoms with E-state index < -0.39 is 12.0 Å². The van der Waals surface area contributed by atoms with E-state index in [0.717, 1.165) is 51.9 Å². The number of benzene rings is 3. The Morgan fingerprint density at radius 1 is 1.03 bits per heavy atom. The van der Waals surface area contributed by atoms with E-state index in [2.05, 4.69) is 52.7 Å². The number of halogens is 1. The van der Waals surface area contributed by atoms with Gasteiger partial charge in [0.05, 0.1) is 12.9 Å². The van der Waals surface area contributed by atoms with Gasteiger partial charge in [0, 0.05) is 22.6 Å². The third-order valence-corrected chi connectivity index (χ3v) is 5.77. The van der Waals surface area contributed by atoms with E-state index in [9.17, 15) is 9.32 Å². The Morgan fingerprint density at radius 3 is 2.51 bits per heavy atom. The number of carbonyl (C=O) groups is 1. The number of rotatable bonds is 7. The van der Waals surface area contributed by atoms with Crippen LogP contribution in [0.15, 0.2) is 83.5 Å². The van der Waals surface area contributed by atoms with E-state index in [1.165, 1.54) is 0 Å². The van der Waals surface area contributed by atoms with Crippen molar-refractivity contribution in [2.45, 2.75) is 32.1 Å². The maximum Gasteiger partial charge on any atom is 0.365 e. The molecule has 2 heterocycles. The molecule has 1 N–H and O–H groups in total. The van der Waals surface area contributed by atoms with Crippen molar-refractivity contribution in [1.82, 2.24) is 5.32 Å². The molecule has 0 spiro atoms. The predicted octanol–water partition coefficient (Wildman–Crippen LogP) is 5.99. The first-order valence-electron chi connectivity index (χ1n) is 11.5. The molecule has 7 heteroatoms. The topological polar surface area (TPSA) is 69.9 Å². The Bertz CT molecular complexity index is 1230. The van der Waals surface area contributed by atoms with Crippen molar-refractivity contribution in [3.05, 3.63) is 90.2 Å². The number of nitrogens with one attached hydrogen (secondary N) is 1. The van der Waals surface area contributed by atoms with Crippen molar-refractivity contribution >= 4 is 16.9 Å². The summed E-state index contributed by atoms with van der Waals surface area (Å²) in [5.41, 5.74) is 5.39. The molecule has 0 radical (unpaired) electrons. The molecule has 1 aromatic heterocycles. The van der Waals surface area contributed by atoms with Crippen LogP contribution >= 0.6 is 0 Å². The molecule has 1 unspecified atom stereocenters. The first-order chi connectivity index (χ1) is 17.2. The largest absolute Gasteiger partial charge is 0.489 e. The first kappa shape index (κ1) is 24.4. The number of hydrogen-bond donors (Lipinski definition) is 1. The fourth-order valence-electron chi connectivity index (χ4n) is 4.03. The monoisotopic (exact) mass is 477 g/mol. The molecule has 1 saturated heterocycles. The molecule has 0 bridgehead atoms. The number of ether oxygens (including phenoxy) is 2. The van der Waals surface area contributed by atoms with Crippen LogP contribution < -0.4 is 10.1 Å². The van der Waals surface area contributed by atoms with Crippen LogP contribution in [0.25, 0.3) is 22.1 Å². The van der Waals surface area contributed by atoms with Crippen LogP contribution in [0.5, 0.6) is 5.75 Å². The zero-order valence-corrected chi connectivity index (χ0v) is 19.5. The highest BCUT2D eigenvalue weighted by atomic mass is 19.3. The summed E-state index contributed by atoms with van der Waals surface area (Å²) >= 11 is 0. The zero-order chi connectivity index (χ0) is 24.5. The molecule has 4 aromatic rings. The van der Waals surface area contributed by atoms with E-state index in [-0.39, 0.29) is 0 Å². The van der Waals surface area contributed by atoms with Crippen LogP contribution in [0.2, 0.25) is 0 Å². The van der Waals surface area contributed by atoms with Gasteiger partial charge in [-0.25, -0.2) is 4.79 Å². The molecule has 6 nitrogen and oxygen atoms in total. The van der Waals surface area contributed by atoms with Crippen LogP contribution in [0.3, 0.4) is 0 Å². The van der Waals surface area contributed by atoms with Gasteiger partial charge in [-0.15, -0.1) is 0 Å².